The number of aromatic nitrogens is 1. The molecule has 1 aromatic heterocycles. The van der Waals surface area contributed by atoms with E-state index in [1.54, 1.807) is 18.5 Å². The number of pyridine rings is 1. The van der Waals surface area contributed by atoms with Crippen molar-refractivity contribution in [3.05, 3.63) is 59.9 Å². The van der Waals surface area contributed by atoms with Gasteiger partial charge in [0, 0.05) is 25.0 Å². The topological polar surface area (TPSA) is 54.5 Å². The number of carbonyl (C=O) groups is 1. The summed E-state index contributed by atoms with van der Waals surface area (Å²) in [6.07, 6.45) is 6.62. The molecule has 1 heterocycles. The molecule has 126 valence electrons. The maximum absolute atomic E-state index is 12.1. The van der Waals surface area contributed by atoms with Crippen LogP contribution in [0.5, 0.6) is 5.75 Å². The van der Waals surface area contributed by atoms with Crippen LogP contribution in [-0.2, 0) is 4.79 Å². The van der Waals surface area contributed by atoms with E-state index >= 15 is 0 Å². The lowest BCUT2D eigenvalue weighted by atomic mass is 10.2. The van der Waals surface area contributed by atoms with Crippen LogP contribution in [0.15, 0.2) is 48.8 Å². The highest BCUT2D eigenvalue weighted by atomic mass is 16.5. The monoisotopic (exact) mass is 325 g/mol. The lowest BCUT2D eigenvalue weighted by molar-refractivity contribution is -0.111. The summed E-state index contributed by atoms with van der Waals surface area (Å²) in [4.78, 5) is 18.1. The van der Waals surface area contributed by atoms with Gasteiger partial charge < -0.3 is 15.0 Å². The van der Waals surface area contributed by atoms with Crippen molar-refractivity contribution in [2.75, 3.05) is 32.6 Å². The Morgan fingerprint density at radius 3 is 2.71 bits per heavy atom. The van der Waals surface area contributed by atoms with Crippen molar-refractivity contribution in [1.29, 1.82) is 0 Å². The number of ether oxygens (including phenoxy) is 1. The van der Waals surface area contributed by atoms with E-state index in [1.807, 2.05) is 56.3 Å². The van der Waals surface area contributed by atoms with Gasteiger partial charge in [0.05, 0.1) is 5.69 Å². The Balaban J connectivity index is 2.02. The Hall–Kier alpha value is -2.66. The largest absolute Gasteiger partial charge is 0.490 e. The second-order valence-electron chi connectivity index (χ2n) is 5.75. The van der Waals surface area contributed by atoms with E-state index in [4.69, 9.17) is 4.74 Å². The van der Waals surface area contributed by atoms with E-state index in [-0.39, 0.29) is 5.91 Å². The van der Waals surface area contributed by atoms with Gasteiger partial charge in [-0.05, 0) is 62.5 Å². The molecule has 0 aliphatic heterocycles. The molecule has 5 nitrogen and oxygen atoms in total. The number of nitrogens with one attached hydrogen (secondary N) is 1. The van der Waals surface area contributed by atoms with Gasteiger partial charge >= 0.3 is 0 Å². The van der Waals surface area contributed by atoms with Crippen molar-refractivity contribution in [3.63, 3.8) is 0 Å². The van der Waals surface area contributed by atoms with Crippen LogP contribution in [0.1, 0.15) is 11.1 Å². The standard InChI is InChI=1S/C19H23N3O2/c1-15-4-6-17(18(14-15)24-13-12-22(2)3)21-19(23)7-5-16-8-10-20-11-9-16/h4-11,14H,12-13H2,1-3H3,(H,21,23)/b7-5+. The quantitative estimate of drug-likeness (QED) is 0.795. The van der Waals surface area contributed by atoms with Gasteiger partial charge in [-0.15, -0.1) is 0 Å². The van der Waals surface area contributed by atoms with Crippen LogP contribution in [0.3, 0.4) is 0 Å². The van der Waals surface area contributed by atoms with Crippen molar-refractivity contribution in [1.82, 2.24) is 9.88 Å². The van der Waals surface area contributed by atoms with E-state index in [2.05, 4.69) is 10.3 Å². The third-order valence-electron chi connectivity index (χ3n) is 3.32. The molecule has 0 saturated carbocycles. The summed E-state index contributed by atoms with van der Waals surface area (Å²) in [6, 6.07) is 9.41. The molecule has 0 fully saturated rings. The fraction of sp³-hybridized carbons (Fsp3) is 0.263. The van der Waals surface area contributed by atoms with E-state index < -0.39 is 0 Å². The van der Waals surface area contributed by atoms with Gasteiger partial charge in [-0.3, -0.25) is 9.78 Å². The van der Waals surface area contributed by atoms with Crippen LogP contribution in [0, 0.1) is 6.92 Å². The molecule has 2 rings (SSSR count). The minimum absolute atomic E-state index is 0.201. The van der Waals surface area contributed by atoms with E-state index in [1.165, 1.54) is 6.08 Å². The smallest absolute Gasteiger partial charge is 0.248 e. The van der Waals surface area contributed by atoms with Crippen LogP contribution < -0.4 is 10.1 Å². The second-order valence-corrected chi connectivity index (χ2v) is 5.75. The van der Waals surface area contributed by atoms with E-state index in [9.17, 15) is 4.79 Å². The molecule has 0 bridgehead atoms. The lowest BCUT2D eigenvalue weighted by Crippen LogP contribution is -2.20. The summed E-state index contributed by atoms with van der Waals surface area (Å²) < 4.78 is 5.80. The number of amides is 1. The number of carbonyl (C=O) groups excluding carboxylic acids is 1. The predicted octanol–water partition coefficient (Wildman–Crippen LogP) is 2.98. The number of rotatable bonds is 7. The fourth-order valence-corrected chi connectivity index (χ4v) is 2.01. The first-order valence-corrected chi connectivity index (χ1v) is 7.82. The number of nitrogens with zero attached hydrogens (tertiary/aromatic N) is 2. The van der Waals surface area contributed by atoms with E-state index in [0.717, 1.165) is 17.7 Å². The summed E-state index contributed by atoms with van der Waals surface area (Å²) in [5.74, 6) is 0.482. The molecule has 1 amide bonds. The number of likely N-dealkylation sites (N-methyl/N-ethyl adjacent to an activating group) is 1. The van der Waals surface area contributed by atoms with Crippen molar-refractivity contribution in [3.8, 4) is 5.75 Å². The van der Waals surface area contributed by atoms with Crippen molar-refractivity contribution < 1.29 is 9.53 Å². The summed E-state index contributed by atoms with van der Waals surface area (Å²) in [7, 11) is 3.98. The molecule has 2 aromatic rings. The van der Waals surface area contributed by atoms with Crippen LogP contribution >= 0.6 is 0 Å². The molecule has 0 unspecified atom stereocenters. The van der Waals surface area contributed by atoms with Crippen LogP contribution in [-0.4, -0.2) is 43.0 Å². The average molecular weight is 325 g/mol. The summed E-state index contributed by atoms with van der Waals surface area (Å²) in [5.41, 5.74) is 2.68. The van der Waals surface area contributed by atoms with Gasteiger partial charge in [0.25, 0.3) is 0 Å². The van der Waals surface area contributed by atoms with Crippen LogP contribution in [0.2, 0.25) is 0 Å². The molecule has 0 aliphatic rings. The van der Waals surface area contributed by atoms with Gasteiger partial charge in [0.15, 0.2) is 0 Å². The van der Waals surface area contributed by atoms with Gasteiger partial charge in [-0.25, -0.2) is 0 Å². The Morgan fingerprint density at radius 2 is 2.00 bits per heavy atom. The van der Waals surface area contributed by atoms with Crippen LogP contribution in [0.25, 0.3) is 6.08 Å². The number of aryl methyl sites for hydroxylation is 1. The molecule has 0 spiro atoms. The summed E-state index contributed by atoms with van der Waals surface area (Å²) in [5, 5.41) is 2.87. The number of hydrogen-bond donors (Lipinski definition) is 1. The molecule has 1 aromatic carbocycles. The molecule has 5 heteroatoms. The van der Waals surface area contributed by atoms with Crippen molar-refractivity contribution in [2.45, 2.75) is 6.92 Å². The predicted molar refractivity (Wildman–Crippen MR) is 97.1 cm³/mol. The minimum Gasteiger partial charge on any atom is -0.490 e. The van der Waals surface area contributed by atoms with Crippen molar-refractivity contribution in [2.24, 2.45) is 0 Å². The molecule has 1 N–H and O–H groups in total. The normalized spacial score (nSPS) is 11.0. The highest BCUT2D eigenvalue weighted by Crippen LogP contribution is 2.25. The lowest BCUT2D eigenvalue weighted by Gasteiger charge is -2.15. The Labute approximate surface area is 143 Å². The van der Waals surface area contributed by atoms with E-state index in [0.29, 0.717) is 18.0 Å². The second kappa shape index (κ2) is 8.84. The van der Waals surface area contributed by atoms with Gasteiger partial charge in [-0.1, -0.05) is 6.07 Å². The fourth-order valence-electron chi connectivity index (χ4n) is 2.01. The van der Waals surface area contributed by atoms with Crippen LogP contribution in [0.4, 0.5) is 5.69 Å². The Morgan fingerprint density at radius 1 is 1.25 bits per heavy atom. The molecular formula is C19H23N3O2. The average Bonchev–Trinajstić information content (AvgIpc) is 2.56. The molecule has 0 aliphatic carbocycles. The minimum atomic E-state index is -0.201. The summed E-state index contributed by atoms with van der Waals surface area (Å²) in [6.45, 7) is 3.36. The Bertz CT molecular complexity index is 697. The first-order valence-electron chi connectivity index (χ1n) is 7.82. The molecule has 0 atom stereocenters. The highest BCUT2D eigenvalue weighted by molar-refractivity contribution is 6.02. The highest BCUT2D eigenvalue weighted by Gasteiger charge is 2.07. The number of anilines is 1. The third kappa shape index (κ3) is 5.85. The SMILES string of the molecule is Cc1ccc(NC(=O)/C=C/c2ccncc2)c(OCCN(C)C)c1. The zero-order chi connectivity index (χ0) is 17.4. The van der Waals surface area contributed by atoms with Gasteiger partial charge in [-0.2, -0.15) is 0 Å². The molecular weight excluding hydrogens is 302 g/mol. The Kier molecular flexibility index (Phi) is 6.51. The number of benzene rings is 1. The first-order chi connectivity index (χ1) is 11.5. The van der Waals surface area contributed by atoms with Gasteiger partial charge in [0.1, 0.15) is 12.4 Å². The van der Waals surface area contributed by atoms with Gasteiger partial charge in [0.2, 0.25) is 5.91 Å². The first kappa shape index (κ1) is 17.7. The third-order valence-corrected chi connectivity index (χ3v) is 3.32. The number of hydrogen-bond acceptors (Lipinski definition) is 4. The molecule has 0 saturated heterocycles. The van der Waals surface area contributed by atoms with Crippen molar-refractivity contribution >= 4 is 17.7 Å². The molecule has 24 heavy (non-hydrogen) atoms. The summed E-state index contributed by atoms with van der Waals surface area (Å²) >= 11 is 0. The molecule has 0 radical (unpaired) electrons. The maximum Gasteiger partial charge on any atom is 0.248 e. The zero-order valence-corrected chi connectivity index (χ0v) is 14.3. The maximum atomic E-state index is 12.1. The zero-order valence-electron chi connectivity index (χ0n) is 14.3.